The van der Waals surface area contributed by atoms with Crippen LogP contribution in [0, 0.1) is 0 Å². The standard InChI is InChI=1S/C23H33N3O3.HI/c1-5-24-23(25-15-14-19-8-6-7-9-22(19)28-4)26-16-21(27)18-10-12-20(13-11-18)29-17(2)3;/h6-13,17,21,27H,5,14-16H2,1-4H3,(H2,24,25,26);1H. The Labute approximate surface area is 197 Å². The third kappa shape index (κ3) is 8.79. The van der Waals surface area contributed by atoms with Gasteiger partial charge in [-0.05, 0) is 56.5 Å². The zero-order valence-corrected chi connectivity index (χ0v) is 20.6. The molecule has 0 bridgehead atoms. The Hall–Kier alpha value is -2.00. The van der Waals surface area contributed by atoms with Crippen LogP contribution in [0.1, 0.15) is 38.0 Å². The van der Waals surface area contributed by atoms with Crippen molar-refractivity contribution >= 4 is 29.9 Å². The highest BCUT2D eigenvalue weighted by Gasteiger charge is 2.09. The van der Waals surface area contributed by atoms with Gasteiger partial charge in [-0.15, -0.1) is 24.0 Å². The summed E-state index contributed by atoms with van der Waals surface area (Å²) in [6.07, 6.45) is 0.265. The lowest BCUT2D eigenvalue weighted by Crippen LogP contribution is -2.38. The van der Waals surface area contributed by atoms with Crippen molar-refractivity contribution in [3.05, 3.63) is 59.7 Å². The van der Waals surface area contributed by atoms with E-state index in [1.807, 2.05) is 63.2 Å². The van der Waals surface area contributed by atoms with Crippen LogP contribution >= 0.6 is 24.0 Å². The summed E-state index contributed by atoms with van der Waals surface area (Å²) in [4.78, 5) is 4.52. The molecule has 0 aliphatic carbocycles. The SMILES string of the molecule is CCNC(=NCC(O)c1ccc(OC(C)C)cc1)NCCc1ccccc1OC.I. The molecule has 0 spiro atoms. The number of nitrogens with one attached hydrogen (secondary N) is 2. The molecule has 2 rings (SSSR count). The molecule has 1 unspecified atom stereocenters. The molecule has 30 heavy (non-hydrogen) atoms. The van der Waals surface area contributed by atoms with Gasteiger partial charge in [-0.1, -0.05) is 30.3 Å². The van der Waals surface area contributed by atoms with Crippen LogP contribution in [0.25, 0.3) is 0 Å². The van der Waals surface area contributed by atoms with E-state index in [9.17, 15) is 5.11 Å². The summed E-state index contributed by atoms with van der Waals surface area (Å²) in [5, 5.41) is 17.0. The lowest BCUT2D eigenvalue weighted by atomic mass is 10.1. The highest BCUT2D eigenvalue weighted by molar-refractivity contribution is 14.0. The molecule has 166 valence electrons. The number of ether oxygens (including phenoxy) is 2. The molecule has 0 aromatic heterocycles. The quantitative estimate of drug-likeness (QED) is 0.248. The number of aliphatic hydroxyl groups is 1. The van der Waals surface area contributed by atoms with E-state index in [2.05, 4.69) is 21.7 Å². The minimum atomic E-state index is -0.673. The van der Waals surface area contributed by atoms with E-state index in [4.69, 9.17) is 9.47 Å². The summed E-state index contributed by atoms with van der Waals surface area (Å²) in [6.45, 7) is 7.72. The van der Waals surface area contributed by atoms with Gasteiger partial charge in [0.05, 0.1) is 25.9 Å². The Morgan fingerprint density at radius 2 is 1.77 bits per heavy atom. The van der Waals surface area contributed by atoms with Gasteiger partial charge in [-0.3, -0.25) is 4.99 Å². The maximum absolute atomic E-state index is 10.5. The van der Waals surface area contributed by atoms with Gasteiger partial charge in [0.15, 0.2) is 5.96 Å². The second-order valence-corrected chi connectivity index (χ2v) is 6.96. The fourth-order valence-electron chi connectivity index (χ4n) is 2.89. The molecule has 2 aromatic carbocycles. The zero-order chi connectivity index (χ0) is 21.1. The molecule has 0 saturated carbocycles. The van der Waals surface area contributed by atoms with Gasteiger partial charge in [0.1, 0.15) is 11.5 Å². The molecule has 2 aromatic rings. The number of para-hydroxylation sites is 1. The normalized spacial score (nSPS) is 12.1. The van der Waals surface area contributed by atoms with Gasteiger partial charge in [0.2, 0.25) is 0 Å². The molecule has 0 amide bonds. The van der Waals surface area contributed by atoms with E-state index in [1.54, 1.807) is 7.11 Å². The molecule has 0 fully saturated rings. The number of nitrogens with zero attached hydrogens (tertiary/aromatic N) is 1. The van der Waals surface area contributed by atoms with E-state index in [0.717, 1.165) is 35.6 Å². The number of hydrogen-bond donors (Lipinski definition) is 3. The Balaban J connectivity index is 0.00000450. The van der Waals surface area contributed by atoms with Crippen LogP contribution in [0.4, 0.5) is 0 Å². The molecule has 1 atom stereocenters. The van der Waals surface area contributed by atoms with Crippen LogP contribution in [0.3, 0.4) is 0 Å². The van der Waals surface area contributed by atoms with E-state index in [0.29, 0.717) is 12.5 Å². The highest BCUT2D eigenvalue weighted by Crippen LogP contribution is 2.19. The fraction of sp³-hybridized carbons (Fsp3) is 0.435. The lowest BCUT2D eigenvalue weighted by molar-refractivity contribution is 0.186. The summed E-state index contributed by atoms with van der Waals surface area (Å²) >= 11 is 0. The number of aliphatic hydroxyl groups excluding tert-OH is 1. The molecule has 0 saturated heterocycles. The van der Waals surface area contributed by atoms with E-state index < -0.39 is 6.10 Å². The molecule has 3 N–H and O–H groups in total. The van der Waals surface area contributed by atoms with Crippen LogP contribution in [0.5, 0.6) is 11.5 Å². The van der Waals surface area contributed by atoms with Crippen molar-refractivity contribution in [3.8, 4) is 11.5 Å². The third-order valence-electron chi connectivity index (χ3n) is 4.28. The average Bonchev–Trinajstić information content (AvgIpc) is 2.72. The van der Waals surface area contributed by atoms with Crippen LogP contribution in [-0.2, 0) is 6.42 Å². The monoisotopic (exact) mass is 527 g/mol. The maximum atomic E-state index is 10.5. The van der Waals surface area contributed by atoms with Crippen molar-refractivity contribution in [3.63, 3.8) is 0 Å². The predicted octanol–water partition coefficient (Wildman–Crippen LogP) is 3.93. The summed E-state index contributed by atoms with van der Waals surface area (Å²) < 4.78 is 11.0. The minimum absolute atomic E-state index is 0. The topological polar surface area (TPSA) is 75.1 Å². The lowest BCUT2D eigenvalue weighted by Gasteiger charge is -2.15. The number of aliphatic imine (C=N–C) groups is 1. The fourth-order valence-corrected chi connectivity index (χ4v) is 2.89. The van der Waals surface area contributed by atoms with E-state index in [1.165, 1.54) is 0 Å². The van der Waals surface area contributed by atoms with Gasteiger partial charge in [-0.25, -0.2) is 0 Å². The number of halogens is 1. The highest BCUT2D eigenvalue weighted by atomic mass is 127. The maximum Gasteiger partial charge on any atom is 0.191 e. The summed E-state index contributed by atoms with van der Waals surface area (Å²) in [5.74, 6) is 2.36. The summed E-state index contributed by atoms with van der Waals surface area (Å²) in [6, 6.07) is 15.5. The van der Waals surface area contributed by atoms with Crippen molar-refractivity contribution in [2.75, 3.05) is 26.7 Å². The second kappa shape index (κ2) is 14.1. The van der Waals surface area contributed by atoms with Gasteiger partial charge < -0.3 is 25.2 Å². The first-order valence-electron chi connectivity index (χ1n) is 10.1. The third-order valence-corrected chi connectivity index (χ3v) is 4.28. The number of benzene rings is 2. The Morgan fingerprint density at radius 3 is 2.40 bits per heavy atom. The van der Waals surface area contributed by atoms with Crippen LogP contribution in [0.2, 0.25) is 0 Å². The Morgan fingerprint density at radius 1 is 1.07 bits per heavy atom. The van der Waals surface area contributed by atoms with E-state index in [-0.39, 0.29) is 36.6 Å². The molecular weight excluding hydrogens is 493 g/mol. The van der Waals surface area contributed by atoms with E-state index >= 15 is 0 Å². The van der Waals surface area contributed by atoms with Crippen LogP contribution < -0.4 is 20.1 Å². The minimum Gasteiger partial charge on any atom is -0.496 e. The molecule has 0 aliphatic heterocycles. The van der Waals surface area contributed by atoms with Gasteiger partial charge in [0.25, 0.3) is 0 Å². The van der Waals surface area contributed by atoms with Crippen molar-refractivity contribution in [1.29, 1.82) is 0 Å². The van der Waals surface area contributed by atoms with Crippen molar-refractivity contribution in [1.82, 2.24) is 10.6 Å². The average molecular weight is 527 g/mol. The second-order valence-electron chi connectivity index (χ2n) is 6.96. The first-order chi connectivity index (χ1) is 14.0. The molecule has 7 heteroatoms. The number of rotatable bonds is 10. The molecule has 6 nitrogen and oxygen atoms in total. The van der Waals surface area contributed by atoms with Gasteiger partial charge >= 0.3 is 0 Å². The Kier molecular flexibility index (Phi) is 12.2. The molecular formula is C23H34IN3O3. The Bertz CT molecular complexity index is 767. The summed E-state index contributed by atoms with van der Waals surface area (Å²) in [7, 11) is 1.68. The van der Waals surface area contributed by atoms with Gasteiger partial charge in [0, 0.05) is 13.1 Å². The number of methoxy groups -OCH3 is 1. The van der Waals surface area contributed by atoms with Crippen molar-refractivity contribution in [2.24, 2.45) is 4.99 Å². The smallest absolute Gasteiger partial charge is 0.191 e. The first kappa shape index (κ1) is 26.0. The molecule has 0 radical (unpaired) electrons. The van der Waals surface area contributed by atoms with Gasteiger partial charge in [-0.2, -0.15) is 0 Å². The largest absolute Gasteiger partial charge is 0.496 e. The molecule has 0 aliphatic rings. The number of guanidine groups is 1. The zero-order valence-electron chi connectivity index (χ0n) is 18.2. The van der Waals surface area contributed by atoms with Crippen LogP contribution in [-0.4, -0.2) is 43.9 Å². The van der Waals surface area contributed by atoms with Crippen molar-refractivity contribution in [2.45, 2.75) is 39.4 Å². The summed E-state index contributed by atoms with van der Waals surface area (Å²) in [5.41, 5.74) is 1.96. The molecule has 0 heterocycles. The van der Waals surface area contributed by atoms with Crippen molar-refractivity contribution < 1.29 is 14.6 Å². The predicted molar refractivity (Wildman–Crippen MR) is 133 cm³/mol. The number of hydrogen-bond acceptors (Lipinski definition) is 4. The first-order valence-corrected chi connectivity index (χ1v) is 10.1. The van der Waals surface area contributed by atoms with Crippen LogP contribution in [0.15, 0.2) is 53.5 Å².